The van der Waals surface area contributed by atoms with Crippen LogP contribution in [0.5, 0.6) is 5.75 Å². The van der Waals surface area contributed by atoms with E-state index in [0.717, 1.165) is 5.69 Å². The van der Waals surface area contributed by atoms with Crippen LogP contribution >= 0.6 is 11.6 Å². The Hall–Kier alpha value is -1.26. The van der Waals surface area contributed by atoms with Crippen LogP contribution in [0.25, 0.3) is 0 Å². The molecule has 1 saturated heterocycles. The normalized spacial score (nSPS) is 19.8. The molecule has 17 heavy (non-hydrogen) atoms. The average Bonchev–Trinajstić information content (AvgIpc) is 2.70. The first-order valence-corrected chi connectivity index (χ1v) is 5.87. The molecule has 1 aromatic carbocycles. The third-order valence-electron chi connectivity index (χ3n) is 2.97. The minimum atomic E-state index is 0.0843. The summed E-state index contributed by atoms with van der Waals surface area (Å²) in [6.07, 6.45) is 0.502. The number of anilines is 1. The molecule has 92 valence electrons. The van der Waals surface area contributed by atoms with E-state index in [4.69, 9.17) is 22.1 Å². The van der Waals surface area contributed by atoms with Crippen molar-refractivity contribution >= 4 is 23.2 Å². The molecule has 0 radical (unpaired) electrons. The molecular formula is C12H15ClN2O2. The summed E-state index contributed by atoms with van der Waals surface area (Å²) in [5, 5.41) is 0.590. The number of hydrogen-bond acceptors (Lipinski definition) is 3. The number of nitrogens with zero attached hydrogens (tertiary/aromatic N) is 1. The van der Waals surface area contributed by atoms with Gasteiger partial charge in [0, 0.05) is 24.1 Å². The second-order valence-electron chi connectivity index (χ2n) is 4.13. The minimum Gasteiger partial charge on any atom is -0.495 e. The van der Waals surface area contributed by atoms with Gasteiger partial charge in [-0.25, -0.2) is 0 Å². The summed E-state index contributed by atoms with van der Waals surface area (Å²) >= 11 is 5.89. The molecule has 1 unspecified atom stereocenters. The number of hydrogen-bond donors (Lipinski definition) is 1. The minimum absolute atomic E-state index is 0.0843. The summed E-state index contributed by atoms with van der Waals surface area (Å²) in [6.45, 7) is 1.17. The van der Waals surface area contributed by atoms with E-state index in [1.54, 1.807) is 30.2 Å². The van der Waals surface area contributed by atoms with Gasteiger partial charge < -0.3 is 15.4 Å². The molecule has 2 N–H and O–H groups in total. The number of methoxy groups -OCH3 is 1. The molecule has 0 aliphatic carbocycles. The first-order valence-electron chi connectivity index (χ1n) is 5.49. The maximum atomic E-state index is 11.9. The van der Waals surface area contributed by atoms with Crippen LogP contribution in [0.2, 0.25) is 5.02 Å². The Kier molecular flexibility index (Phi) is 3.54. The molecule has 0 bridgehead atoms. The summed E-state index contributed by atoms with van der Waals surface area (Å²) in [6, 6.07) is 5.26. The number of ether oxygens (including phenoxy) is 1. The van der Waals surface area contributed by atoms with E-state index in [-0.39, 0.29) is 11.8 Å². The molecule has 0 saturated carbocycles. The molecule has 5 heteroatoms. The van der Waals surface area contributed by atoms with Crippen molar-refractivity contribution in [3.05, 3.63) is 23.2 Å². The number of amides is 1. The lowest BCUT2D eigenvalue weighted by Crippen LogP contribution is -2.26. The zero-order valence-corrected chi connectivity index (χ0v) is 10.4. The Morgan fingerprint density at radius 2 is 2.35 bits per heavy atom. The number of rotatable bonds is 3. The Balaban J connectivity index is 2.31. The third kappa shape index (κ3) is 2.37. The number of benzene rings is 1. The van der Waals surface area contributed by atoms with Crippen molar-refractivity contribution < 1.29 is 9.53 Å². The maximum absolute atomic E-state index is 11.9. The van der Waals surface area contributed by atoms with Crippen molar-refractivity contribution in [1.82, 2.24) is 0 Å². The fourth-order valence-electron chi connectivity index (χ4n) is 2.05. The highest BCUT2D eigenvalue weighted by Crippen LogP contribution is 2.34. The van der Waals surface area contributed by atoms with Gasteiger partial charge in [-0.1, -0.05) is 11.6 Å². The van der Waals surface area contributed by atoms with Crippen LogP contribution in [0.1, 0.15) is 6.42 Å². The quantitative estimate of drug-likeness (QED) is 0.893. The Labute approximate surface area is 105 Å². The maximum Gasteiger partial charge on any atom is 0.227 e. The largest absolute Gasteiger partial charge is 0.495 e. The van der Waals surface area contributed by atoms with Crippen LogP contribution in [-0.2, 0) is 4.79 Å². The smallest absolute Gasteiger partial charge is 0.227 e. The van der Waals surface area contributed by atoms with Crippen LogP contribution in [0, 0.1) is 5.92 Å². The highest BCUT2D eigenvalue weighted by molar-refractivity contribution is 6.30. The van der Waals surface area contributed by atoms with Crippen molar-refractivity contribution in [3.63, 3.8) is 0 Å². The molecule has 1 amide bonds. The highest BCUT2D eigenvalue weighted by atomic mass is 35.5. The van der Waals surface area contributed by atoms with Gasteiger partial charge in [0.15, 0.2) is 0 Å². The van der Waals surface area contributed by atoms with Gasteiger partial charge in [0.05, 0.1) is 12.8 Å². The molecule has 1 heterocycles. The number of carbonyl (C=O) groups is 1. The molecule has 1 aliphatic rings. The Morgan fingerprint density at radius 3 is 2.94 bits per heavy atom. The Morgan fingerprint density at radius 1 is 1.59 bits per heavy atom. The second-order valence-corrected chi connectivity index (χ2v) is 4.56. The van der Waals surface area contributed by atoms with E-state index in [1.165, 1.54) is 0 Å². The zero-order valence-electron chi connectivity index (χ0n) is 9.65. The van der Waals surface area contributed by atoms with E-state index < -0.39 is 0 Å². The number of nitrogens with two attached hydrogens (primary N) is 1. The predicted molar refractivity (Wildman–Crippen MR) is 67.5 cm³/mol. The van der Waals surface area contributed by atoms with Gasteiger partial charge in [-0.15, -0.1) is 0 Å². The lowest BCUT2D eigenvalue weighted by molar-refractivity contribution is -0.117. The summed E-state index contributed by atoms with van der Waals surface area (Å²) in [4.78, 5) is 13.6. The van der Waals surface area contributed by atoms with Crippen LogP contribution < -0.4 is 15.4 Å². The topological polar surface area (TPSA) is 55.6 Å². The fourth-order valence-corrected chi connectivity index (χ4v) is 2.21. The van der Waals surface area contributed by atoms with E-state index in [0.29, 0.717) is 30.3 Å². The lowest BCUT2D eigenvalue weighted by atomic mass is 10.1. The Bertz CT molecular complexity index is 437. The van der Waals surface area contributed by atoms with E-state index in [2.05, 4.69) is 0 Å². The first kappa shape index (κ1) is 12.2. The molecule has 0 aromatic heterocycles. The van der Waals surface area contributed by atoms with Crippen molar-refractivity contribution in [2.75, 3.05) is 25.1 Å². The molecule has 1 aromatic rings. The summed E-state index contributed by atoms with van der Waals surface area (Å²) in [5.41, 5.74) is 6.36. The summed E-state index contributed by atoms with van der Waals surface area (Å²) in [7, 11) is 1.57. The van der Waals surface area contributed by atoms with Gasteiger partial charge in [-0.05, 0) is 24.6 Å². The van der Waals surface area contributed by atoms with Crippen molar-refractivity contribution in [2.45, 2.75) is 6.42 Å². The lowest BCUT2D eigenvalue weighted by Gasteiger charge is -2.19. The van der Waals surface area contributed by atoms with Crippen LogP contribution in [0.15, 0.2) is 18.2 Å². The summed E-state index contributed by atoms with van der Waals surface area (Å²) < 4.78 is 5.25. The molecule has 0 spiro atoms. The van der Waals surface area contributed by atoms with Crippen molar-refractivity contribution in [2.24, 2.45) is 11.7 Å². The van der Waals surface area contributed by atoms with Gasteiger partial charge in [-0.3, -0.25) is 4.79 Å². The standard InChI is InChI=1S/C12H15ClN2O2/c1-17-11-5-9(13)2-3-10(11)15-7-8(6-14)4-12(15)16/h2-3,5,8H,4,6-7,14H2,1H3. The molecule has 4 nitrogen and oxygen atoms in total. The van der Waals surface area contributed by atoms with Gasteiger partial charge in [0.2, 0.25) is 5.91 Å². The number of carbonyl (C=O) groups excluding carboxylic acids is 1. The van der Waals surface area contributed by atoms with Crippen molar-refractivity contribution in [1.29, 1.82) is 0 Å². The van der Waals surface area contributed by atoms with Crippen LogP contribution in [0.4, 0.5) is 5.69 Å². The molecule has 1 fully saturated rings. The zero-order chi connectivity index (χ0) is 12.4. The molecule has 1 atom stereocenters. The third-order valence-corrected chi connectivity index (χ3v) is 3.21. The molecule has 2 rings (SSSR count). The van der Waals surface area contributed by atoms with Gasteiger partial charge in [0.1, 0.15) is 5.75 Å². The van der Waals surface area contributed by atoms with Gasteiger partial charge >= 0.3 is 0 Å². The fraction of sp³-hybridized carbons (Fsp3) is 0.417. The van der Waals surface area contributed by atoms with Crippen LogP contribution in [-0.4, -0.2) is 26.1 Å². The molecular weight excluding hydrogens is 240 g/mol. The highest BCUT2D eigenvalue weighted by Gasteiger charge is 2.31. The second kappa shape index (κ2) is 4.94. The average molecular weight is 255 g/mol. The van der Waals surface area contributed by atoms with Crippen molar-refractivity contribution in [3.8, 4) is 5.75 Å². The van der Waals surface area contributed by atoms with Gasteiger partial charge in [0.25, 0.3) is 0 Å². The SMILES string of the molecule is COc1cc(Cl)ccc1N1CC(CN)CC1=O. The van der Waals surface area contributed by atoms with E-state index >= 15 is 0 Å². The monoisotopic (exact) mass is 254 g/mol. The number of halogens is 1. The summed E-state index contributed by atoms with van der Waals surface area (Å²) in [5.74, 6) is 0.924. The van der Waals surface area contributed by atoms with E-state index in [9.17, 15) is 4.79 Å². The predicted octanol–water partition coefficient (Wildman–Crippen LogP) is 1.66. The first-order chi connectivity index (χ1) is 8.15. The van der Waals surface area contributed by atoms with Crippen LogP contribution in [0.3, 0.4) is 0 Å². The molecule has 1 aliphatic heterocycles. The van der Waals surface area contributed by atoms with Gasteiger partial charge in [-0.2, -0.15) is 0 Å². The van der Waals surface area contributed by atoms with E-state index in [1.807, 2.05) is 0 Å².